The van der Waals surface area contributed by atoms with E-state index in [2.05, 4.69) is 20.9 Å². The van der Waals surface area contributed by atoms with Crippen LogP contribution in [0.2, 0.25) is 0 Å². The van der Waals surface area contributed by atoms with E-state index in [-0.39, 0.29) is 0 Å². The Balaban J connectivity index is 0.000000181. The first-order chi connectivity index (χ1) is 7.93. The standard InChI is InChI=1S/C7H16N2O.C4H10N2/c10-7-1-4-9-5-2-8-3-6-9;1-2-6-4-3-5-1/h8,10H,1-7H2;5-6H,1-4H2. The van der Waals surface area contributed by atoms with Crippen LogP contribution in [0.4, 0.5) is 0 Å². The molecule has 0 atom stereocenters. The van der Waals surface area contributed by atoms with Crippen LogP contribution < -0.4 is 16.0 Å². The number of aliphatic hydroxyl groups excluding tert-OH is 1. The van der Waals surface area contributed by atoms with E-state index in [9.17, 15) is 0 Å². The number of nitrogens with zero attached hydrogens (tertiary/aromatic N) is 1. The predicted molar refractivity (Wildman–Crippen MR) is 66.8 cm³/mol. The molecular formula is C11H26N4O. The molecule has 0 spiro atoms. The van der Waals surface area contributed by atoms with E-state index in [1.807, 2.05) is 0 Å². The van der Waals surface area contributed by atoms with Crippen molar-refractivity contribution in [2.24, 2.45) is 0 Å². The van der Waals surface area contributed by atoms with Gasteiger partial charge in [-0.2, -0.15) is 0 Å². The van der Waals surface area contributed by atoms with Gasteiger partial charge in [-0.25, -0.2) is 0 Å². The SMILES string of the molecule is C1CNCCN1.OCCCN1CCNCC1. The molecule has 0 amide bonds. The molecule has 2 rings (SSSR count). The molecule has 0 aromatic rings. The van der Waals surface area contributed by atoms with E-state index < -0.39 is 0 Å². The topological polar surface area (TPSA) is 59.6 Å². The van der Waals surface area contributed by atoms with Gasteiger partial charge in [0.2, 0.25) is 0 Å². The zero-order valence-electron chi connectivity index (χ0n) is 10.2. The number of aliphatic hydroxyl groups is 1. The second-order valence-corrected chi connectivity index (χ2v) is 4.17. The minimum absolute atomic E-state index is 0.323. The fourth-order valence-electron chi connectivity index (χ4n) is 1.83. The lowest BCUT2D eigenvalue weighted by Crippen LogP contribution is -2.43. The average Bonchev–Trinajstić information content (AvgIpc) is 2.40. The van der Waals surface area contributed by atoms with Gasteiger partial charge in [-0.3, -0.25) is 0 Å². The minimum Gasteiger partial charge on any atom is -0.396 e. The molecule has 0 bridgehead atoms. The Morgan fingerprint density at radius 1 is 0.812 bits per heavy atom. The molecule has 2 saturated heterocycles. The smallest absolute Gasteiger partial charge is 0.0443 e. The fourth-order valence-corrected chi connectivity index (χ4v) is 1.83. The van der Waals surface area contributed by atoms with Gasteiger partial charge in [0.25, 0.3) is 0 Å². The van der Waals surface area contributed by atoms with Gasteiger partial charge in [-0.15, -0.1) is 0 Å². The van der Waals surface area contributed by atoms with E-state index in [0.717, 1.165) is 65.3 Å². The average molecular weight is 230 g/mol. The first-order valence-corrected chi connectivity index (χ1v) is 6.39. The van der Waals surface area contributed by atoms with Crippen molar-refractivity contribution in [3.8, 4) is 0 Å². The maximum Gasteiger partial charge on any atom is 0.0443 e. The molecule has 0 aromatic heterocycles. The van der Waals surface area contributed by atoms with E-state index in [0.29, 0.717) is 6.61 Å². The summed E-state index contributed by atoms with van der Waals surface area (Å²) in [6.07, 6.45) is 0.917. The third-order valence-electron chi connectivity index (χ3n) is 2.80. The summed E-state index contributed by atoms with van der Waals surface area (Å²) >= 11 is 0. The Morgan fingerprint density at radius 3 is 1.75 bits per heavy atom. The molecule has 0 unspecified atom stereocenters. The van der Waals surface area contributed by atoms with Gasteiger partial charge in [-0.05, 0) is 6.42 Å². The highest BCUT2D eigenvalue weighted by atomic mass is 16.3. The van der Waals surface area contributed by atoms with Crippen LogP contribution in [0.5, 0.6) is 0 Å². The Bertz CT molecular complexity index is 135. The molecule has 96 valence electrons. The first kappa shape index (κ1) is 13.9. The fraction of sp³-hybridized carbons (Fsp3) is 1.00. The number of nitrogens with one attached hydrogen (secondary N) is 3. The van der Waals surface area contributed by atoms with Crippen molar-refractivity contribution < 1.29 is 5.11 Å². The van der Waals surface area contributed by atoms with Crippen molar-refractivity contribution in [2.75, 3.05) is 65.5 Å². The van der Waals surface area contributed by atoms with Crippen molar-refractivity contribution in [3.05, 3.63) is 0 Å². The summed E-state index contributed by atoms with van der Waals surface area (Å²) in [5, 5.41) is 18.3. The second-order valence-electron chi connectivity index (χ2n) is 4.17. The Kier molecular flexibility index (Phi) is 8.65. The number of rotatable bonds is 3. The largest absolute Gasteiger partial charge is 0.396 e. The van der Waals surface area contributed by atoms with Crippen LogP contribution in [0.25, 0.3) is 0 Å². The molecule has 0 aromatic carbocycles. The van der Waals surface area contributed by atoms with Crippen molar-refractivity contribution >= 4 is 0 Å². The first-order valence-electron chi connectivity index (χ1n) is 6.39. The van der Waals surface area contributed by atoms with Crippen molar-refractivity contribution in [1.29, 1.82) is 0 Å². The molecule has 0 saturated carbocycles. The molecule has 2 aliphatic rings. The zero-order chi connectivity index (χ0) is 11.5. The Hall–Kier alpha value is -0.200. The number of piperazine rings is 2. The molecule has 0 aliphatic carbocycles. The van der Waals surface area contributed by atoms with Crippen LogP contribution in [0.15, 0.2) is 0 Å². The van der Waals surface area contributed by atoms with Crippen molar-refractivity contribution in [1.82, 2.24) is 20.9 Å². The lowest BCUT2D eigenvalue weighted by Gasteiger charge is -2.26. The summed E-state index contributed by atoms with van der Waals surface area (Å²) in [6.45, 7) is 10.4. The summed E-state index contributed by atoms with van der Waals surface area (Å²) in [5.74, 6) is 0. The molecule has 5 heteroatoms. The maximum absolute atomic E-state index is 8.55. The third-order valence-corrected chi connectivity index (χ3v) is 2.80. The van der Waals surface area contributed by atoms with Crippen LogP contribution in [0.1, 0.15) is 6.42 Å². The summed E-state index contributed by atoms with van der Waals surface area (Å²) < 4.78 is 0. The number of hydrogen-bond donors (Lipinski definition) is 4. The lowest BCUT2D eigenvalue weighted by atomic mass is 10.3. The predicted octanol–water partition coefficient (Wildman–Crippen LogP) is -1.55. The quantitative estimate of drug-likeness (QED) is 0.473. The molecule has 16 heavy (non-hydrogen) atoms. The van der Waals surface area contributed by atoms with Gasteiger partial charge in [0.15, 0.2) is 0 Å². The van der Waals surface area contributed by atoms with Gasteiger partial charge < -0.3 is 26.0 Å². The highest BCUT2D eigenvalue weighted by Crippen LogP contribution is 1.92. The third kappa shape index (κ3) is 7.14. The normalized spacial score (nSPS) is 22.3. The van der Waals surface area contributed by atoms with Crippen LogP contribution in [0.3, 0.4) is 0 Å². The molecule has 5 nitrogen and oxygen atoms in total. The Morgan fingerprint density at radius 2 is 1.31 bits per heavy atom. The van der Waals surface area contributed by atoms with E-state index in [4.69, 9.17) is 5.11 Å². The maximum atomic E-state index is 8.55. The summed E-state index contributed by atoms with van der Waals surface area (Å²) in [4.78, 5) is 2.38. The molecule has 2 heterocycles. The van der Waals surface area contributed by atoms with Crippen LogP contribution in [-0.4, -0.2) is 75.5 Å². The lowest BCUT2D eigenvalue weighted by molar-refractivity contribution is 0.206. The summed E-state index contributed by atoms with van der Waals surface area (Å²) in [6, 6.07) is 0. The number of hydrogen-bond acceptors (Lipinski definition) is 5. The molecule has 4 N–H and O–H groups in total. The summed E-state index contributed by atoms with van der Waals surface area (Å²) in [7, 11) is 0. The molecule has 0 radical (unpaired) electrons. The molecule has 2 aliphatic heterocycles. The minimum atomic E-state index is 0.323. The van der Waals surface area contributed by atoms with Crippen LogP contribution in [0, 0.1) is 0 Å². The van der Waals surface area contributed by atoms with Crippen LogP contribution >= 0.6 is 0 Å². The van der Waals surface area contributed by atoms with Crippen LogP contribution in [-0.2, 0) is 0 Å². The summed E-state index contributed by atoms with van der Waals surface area (Å²) in [5.41, 5.74) is 0. The molecule has 2 fully saturated rings. The van der Waals surface area contributed by atoms with Crippen molar-refractivity contribution in [2.45, 2.75) is 6.42 Å². The van der Waals surface area contributed by atoms with E-state index in [1.165, 1.54) is 0 Å². The van der Waals surface area contributed by atoms with Gasteiger partial charge in [-0.1, -0.05) is 0 Å². The van der Waals surface area contributed by atoms with E-state index >= 15 is 0 Å². The monoisotopic (exact) mass is 230 g/mol. The highest BCUT2D eigenvalue weighted by molar-refractivity contribution is 4.66. The van der Waals surface area contributed by atoms with Crippen molar-refractivity contribution in [3.63, 3.8) is 0 Å². The Labute approximate surface area is 98.6 Å². The van der Waals surface area contributed by atoms with E-state index in [1.54, 1.807) is 0 Å². The van der Waals surface area contributed by atoms with Gasteiger partial charge in [0.1, 0.15) is 0 Å². The second kappa shape index (κ2) is 9.99. The van der Waals surface area contributed by atoms with Gasteiger partial charge in [0.05, 0.1) is 0 Å². The molecular weight excluding hydrogens is 204 g/mol. The van der Waals surface area contributed by atoms with Gasteiger partial charge >= 0.3 is 0 Å². The van der Waals surface area contributed by atoms with Gasteiger partial charge in [0, 0.05) is 65.5 Å². The highest BCUT2D eigenvalue weighted by Gasteiger charge is 2.07. The zero-order valence-corrected chi connectivity index (χ0v) is 10.2.